The molecule has 0 N–H and O–H groups in total. The third-order valence-electron chi connectivity index (χ3n) is 6.80. The predicted molar refractivity (Wildman–Crippen MR) is 137 cm³/mol. The topological polar surface area (TPSA) is 26.3 Å². The summed E-state index contributed by atoms with van der Waals surface area (Å²) in [6, 6.07) is 28.0. The molecule has 2 nitrogen and oxygen atoms in total. The van der Waals surface area contributed by atoms with Crippen LogP contribution in [-0.4, -0.2) is 16.0 Å². The van der Waals surface area contributed by atoms with Gasteiger partial charge in [-0.3, -0.25) is 4.79 Å². The van der Waals surface area contributed by atoms with Gasteiger partial charge in [0.05, 0.1) is 0 Å². The molecule has 0 aromatic heterocycles. The molecule has 4 rings (SSSR count). The first-order valence-corrected chi connectivity index (χ1v) is 12.6. The van der Waals surface area contributed by atoms with E-state index in [2.05, 4.69) is 99.6 Å². The van der Waals surface area contributed by atoms with Crippen LogP contribution in [0.3, 0.4) is 0 Å². The largest absolute Gasteiger partial charge is 0.540 e. The lowest BCUT2D eigenvalue weighted by Gasteiger charge is -2.35. The number of aryl methyl sites for hydroxylation is 1. The predicted octanol–water partition coefficient (Wildman–Crippen LogP) is 7.06. The van der Waals surface area contributed by atoms with Gasteiger partial charge in [-0.25, -0.2) is 0 Å². The molecule has 1 unspecified atom stereocenters. The normalized spacial score (nSPS) is 18.3. The van der Waals surface area contributed by atoms with Crippen molar-refractivity contribution in [3.63, 3.8) is 0 Å². The summed E-state index contributed by atoms with van der Waals surface area (Å²) in [7, 11) is 0.307. The molecule has 3 heteroatoms. The Bertz CT molecular complexity index is 1070. The average molecular weight is 453 g/mol. The van der Waals surface area contributed by atoms with Crippen LogP contribution in [-0.2, 0) is 16.6 Å². The molecule has 0 saturated carbocycles. The van der Waals surface area contributed by atoms with Crippen molar-refractivity contribution in [1.82, 2.24) is 0 Å². The second-order valence-electron chi connectivity index (χ2n) is 9.77. The highest BCUT2D eigenvalue weighted by molar-refractivity contribution is 6.33. The Morgan fingerprint density at radius 2 is 1.61 bits per heavy atom. The van der Waals surface area contributed by atoms with Crippen LogP contribution in [0.4, 0.5) is 0 Å². The summed E-state index contributed by atoms with van der Waals surface area (Å²) in [5.74, 6) is 1.18. The molecule has 3 aromatic carbocycles. The van der Waals surface area contributed by atoms with Crippen LogP contribution < -0.4 is 4.43 Å². The van der Waals surface area contributed by atoms with E-state index in [0.29, 0.717) is 9.76 Å². The third-order valence-corrected chi connectivity index (χ3v) is 7.95. The Labute approximate surface area is 200 Å². The van der Waals surface area contributed by atoms with E-state index >= 15 is 0 Å². The van der Waals surface area contributed by atoms with Crippen LogP contribution in [0.2, 0.25) is 5.04 Å². The first-order valence-electron chi connectivity index (χ1n) is 11.7. The van der Waals surface area contributed by atoms with E-state index in [9.17, 15) is 4.79 Å². The summed E-state index contributed by atoms with van der Waals surface area (Å²) in [4.78, 5) is 10.9. The van der Waals surface area contributed by atoms with Crippen molar-refractivity contribution in [2.75, 3.05) is 0 Å². The zero-order valence-electron chi connectivity index (χ0n) is 19.8. The number of aldehydes is 1. The lowest BCUT2D eigenvalue weighted by Crippen LogP contribution is -2.28. The minimum atomic E-state index is -0.0835. The zero-order valence-corrected chi connectivity index (χ0v) is 20.8. The molecule has 1 atom stereocenters. The van der Waals surface area contributed by atoms with Crippen molar-refractivity contribution in [2.24, 2.45) is 0 Å². The zero-order chi connectivity index (χ0) is 23.3. The van der Waals surface area contributed by atoms with Gasteiger partial charge in [0, 0.05) is 16.4 Å². The fourth-order valence-corrected chi connectivity index (χ4v) is 6.13. The minimum absolute atomic E-state index is 0.0830. The smallest absolute Gasteiger partial charge is 0.318 e. The van der Waals surface area contributed by atoms with Crippen molar-refractivity contribution >= 4 is 16.0 Å². The molecule has 0 amide bonds. The molecular formula is C30H32O2Si. The summed E-state index contributed by atoms with van der Waals surface area (Å²) in [6.07, 6.45) is 7.80. The molecule has 1 aliphatic rings. The van der Waals surface area contributed by atoms with Gasteiger partial charge in [0.15, 0.2) is 0 Å². The van der Waals surface area contributed by atoms with Crippen molar-refractivity contribution in [2.45, 2.75) is 56.4 Å². The third kappa shape index (κ3) is 5.20. The molecule has 0 aliphatic heterocycles. The minimum Gasteiger partial charge on any atom is -0.540 e. The molecule has 1 aliphatic carbocycles. The standard InChI is InChI=1S/C30H32O2Si/c1-29(2,28(23-12-6-4-7-13-23)24-14-8-5-9-15-24)33-32-26-17-18-27-25(22-26)16-10-19-30(27,3)20-11-21-31/h4-9,11-15,17-18,20-22,28H,10,16,19H2,1-3H3/b20-11+. The first-order chi connectivity index (χ1) is 15.9. The monoisotopic (exact) mass is 452 g/mol. The maximum absolute atomic E-state index is 10.9. The Balaban J connectivity index is 1.57. The molecule has 0 bridgehead atoms. The van der Waals surface area contributed by atoms with Crippen LogP contribution in [0.25, 0.3) is 0 Å². The first kappa shape index (κ1) is 23.3. The molecule has 33 heavy (non-hydrogen) atoms. The highest BCUT2D eigenvalue weighted by atomic mass is 28.2. The fraction of sp³-hybridized carbons (Fsp3) is 0.300. The SMILES string of the molecule is CC1(/C=C/C=O)CCCc2cc(O[Si]C(C)(C)C(c3ccccc3)c3ccccc3)ccc21. The van der Waals surface area contributed by atoms with Crippen molar-refractivity contribution in [1.29, 1.82) is 0 Å². The number of hydrogen-bond acceptors (Lipinski definition) is 2. The number of carbonyl (C=O) groups is 1. The average Bonchev–Trinajstić information content (AvgIpc) is 2.83. The van der Waals surface area contributed by atoms with E-state index in [-0.39, 0.29) is 16.4 Å². The Kier molecular flexibility index (Phi) is 6.99. The molecular weight excluding hydrogens is 420 g/mol. The highest BCUT2D eigenvalue weighted by Gasteiger charge is 2.35. The number of benzene rings is 3. The van der Waals surface area contributed by atoms with E-state index in [0.717, 1.165) is 31.3 Å². The van der Waals surface area contributed by atoms with Gasteiger partial charge in [0.2, 0.25) is 0 Å². The second kappa shape index (κ2) is 9.92. The van der Waals surface area contributed by atoms with E-state index < -0.39 is 0 Å². The van der Waals surface area contributed by atoms with Gasteiger partial charge in [0.1, 0.15) is 12.0 Å². The maximum atomic E-state index is 10.9. The maximum Gasteiger partial charge on any atom is 0.318 e. The molecule has 0 heterocycles. The summed E-state index contributed by atoms with van der Waals surface area (Å²) >= 11 is 0. The van der Waals surface area contributed by atoms with Gasteiger partial charge in [-0.15, -0.1) is 0 Å². The van der Waals surface area contributed by atoms with Crippen molar-refractivity contribution in [3.8, 4) is 5.75 Å². The fourth-order valence-electron chi connectivity index (χ4n) is 5.17. The van der Waals surface area contributed by atoms with Gasteiger partial charge in [-0.05, 0) is 59.7 Å². The number of allylic oxidation sites excluding steroid dienone is 2. The summed E-state index contributed by atoms with van der Waals surface area (Å²) in [6.45, 7) is 6.83. The summed E-state index contributed by atoms with van der Waals surface area (Å²) in [5, 5.41) is -0.0835. The molecule has 0 saturated heterocycles. The number of fused-ring (bicyclic) bond motifs is 1. The van der Waals surface area contributed by atoms with Crippen LogP contribution >= 0.6 is 0 Å². The number of hydrogen-bond donors (Lipinski definition) is 0. The van der Waals surface area contributed by atoms with Gasteiger partial charge in [0.25, 0.3) is 0 Å². The summed E-state index contributed by atoms with van der Waals surface area (Å²) in [5.41, 5.74) is 5.19. The van der Waals surface area contributed by atoms with Crippen LogP contribution in [0, 0.1) is 0 Å². The molecule has 0 fully saturated rings. The van der Waals surface area contributed by atoms with E-state index in [1.54, 1.807) is 6.08 Å². The quantitative estimate of drug-likeness (QED) is 0.208. The Hall–Kier alpha value is -2.91. The Morgan fingerprint density at radius 3 is 2.21 bits per heavy atom. The van der Waals surface area contributed by atoms with Gasteiger partial charge in [-0.1, -0.05) is 93.6 Å². The molecule has 168 valence electrons. The second-order valence-corrected chi connectivity index (χ2v) is 11.5. The van der Waals surface area contributed by atoms with E-state index in [1.165, 1.54) is 22.3 Å². The Morgan fingerprint density at radius 1 is 0.970 bits per heavy atom. The van der Waals surface area contributed by atoms with Crippen molar-refractivity contribution in [3.05, 3.63) is 113 Å². The number of carbonyl (C=O) groups excluding carboxylic acids is 1. The molecule has 0 spiro atoms. The number of rotatable bonds is 8. The van der Waals surface area contributed by atoms with Crippen LogP contribution in [0.5, 0.6) is 5.75 Å². The van der Waals surface area contributed by atoms with E-state index in [1.807, 2.05) is 6.08 Å². The lowest BCUT2D eigenvalue weighted by molar-refractivity contribution is -0.104. The van der Waals surface area contributed by atoms with Gasteiger partial charge >= 0.3 is 9.76 Å². The summed E-state index contributed by atoms with van der Waals surface area (Å²) < 4.78 is 6.46. The molecule has 2 radical (unpaired) electrons. The van der Waals surface area contributed by atoms with E-state index in [4.69, 9.17) is 4.43 Å². The van der Waals surface area contributed by atoms with Crippen LogP contribution in [0.15, 0.2) is 91.0 Å². The highest BCUT2D eigenvalue weighted by Crippen LogP contribution is 2.46. The molecule has 3 aromatic rings. The van der Waals surface area contributed by atoms with Crippen molar-refractivity contribution < 1.29 is 9.22 Å². The van der Waals surface area contributed by atoms with Gasteiger partial charge < -0.3 is 4.43 Å². The van der Waals surface area contributed by atoms with Crippen LogP contribution in [0.1, 0.15) is 61.8 Å². The van der Waals surface area contributed by atoms with Gasteiger partial charge in [-0.2, -0.15) is 0 Å². The lowest BCUT2D eigenvalue weighted by atomic mass is 9.71.